The number of benzene rings is 1. The average molecular weight is 330 g/mol. The molecule has 24 heavy (non-hydrogen) atoms. The Bertz CT molecular complexity index is 436. The average Bonchev–Trinajstić information content (AvgIpc) is 2.62. The summed E-state index contributed by atoms with van der Waals surface area (Å²) in [5.74, 6) is 0.877. The minimum atomic E-state index is 0.548. The van der Waals surface area contributed by atoms with E-state index in [1.54, 1.807) is 6.08 Å². The Balaban J connectivity index is 1.98. The van der Waals surface area contributed by atoms with E-state index in [4.69, 9.17) is 4.74 Å². The highest BCUT2D eigenvalue weighted by Gasteiger charge is 1.94. The summed E-state index contributed by atoms with van der Waals surface area (Å²) in [4.78, 5) is 4.52. The third kappa shape index (κ3) is 11.0. The van der Waals surface area contributed by atoms with Crippen LogP contribution in [0.15, 0.2) is 41.9 Å². The van der Waals surface area contributed by atoms with Gasteiger partial charge in [0.25, 0.3) is 0 Å². The first-order valence-electron chi connectivity index (χ1n) is 9.70. The predicted molar refractivity (Wildman–Crippen MR) is 106 cm³/mol. The molecule has 2 nitrogen and oxygen atoms in total. The van der Waals surface area contributed by atoms with Crippen LogP contribution in [0.4, 0.5) is 0 Å². The van der Waals surface area contributed by atoms with Crippen LogP contribution in [-0.2, 0) is 0 Å². The largest absolute Gasteiger partial charge is 0.490 e. The van der Waals surface area contributed by atoms with Crippen molar-refractivity contribution in [1.29, 1.82) is 0 Å². The molecule has 0 saturated carbocycles. The highest BCUT2D eigenvalue weighted by molar-refractivity contribution is 5.79. The molecule has 0 heterocycles. The van der Waals surface area contributed by atoms with Crippen LogP contribution >= 0.6 is 0 Å². The molecular weight excluding hydrogens is 294 g/mol. The molecule has 0 aliphatic rings. The van der Waals surface area contributed by atoms with Gasteiger partial charge in [-0.1, -0.05) is 77.4 Å². The van der Waals surface area contributed by atoms with Crippen LogP contribution in [0.5, 0.6) is 5.75 Å². The Morgan fingerprint density at radius 1 is 0.875 bits per heavy atom. The fraction of sp³-hybridized carbons (Fsp3) is 0.591. The van der Waals surface area contributed by atoms with E-state index in [1.807, 2.05) is 30.5 Å². The Labute approximate surface area is 149 Å². The van der Waals surface area contributed by atoms with Crippen molar-refractivity contribution < 1.29 is 4.74 Å². The minimum absolute atomic E-state index is 0.548. The zero-order chi connectivity index (χ0) is 17.3. The van der Waals surface area contributed by atoms with Crippen LogP contribution in [0.3, 0.4) is 0 Å². The van der Waals surface area contributed by atoms with Crippen molar-refractivity contribution in [2.75, 3.05) is 13.2 Å². The van der Waals surface area contributed by atoms with E-state index in [1.165, 1.54) is 64.2 Å². The molecule has 0 atom stereocenters. The molecule has 0 saturated heterocycles. The molecule has 1 aromatic rings. The van der Waals surface area contributed by atoms with Crippen LogP contribution in [0.25, 0.3) is 0 Å². The van der Waals surface area contributed by atoms with Gasteiger partial charge in [0.2, 0.25) is 0 Å². The maximum absolute atomic E-state index is 5.46. The summed E-state index contributed by atoms with van der Waals surface area (Å²) < 4.78 is 5.46. The van der Waals surface area contributed by atoms with Crippen molar-refractivity contribution in [3.05, 3.63) is 42.5 Å². The molecule has 134 valence electrons. The van der Waals surface area contributed by atoms with Gasteiger partial charge in [-0.2, -0.15) is 0 Å². The van der Waals surface area contributed by atoms with Gasteiger partial charge in [0.05, 0.1) is 0 Å². The number of unbranched alkanes of at least 4 members (excludes halogenated alkanes) is 9. The lowest BCUT2D eigenvalue weighted by atomic mass is 10.1. The van der Waals surface area contributed by atoms with E-state index in [9.17, 15) is 0 Å². The molecule has 0 bridgehead atoms. The Kier molecular flexibility index (Phi) is 12.8. The molecule has 0 aliphatic carbocycles. The van der Waals surface area contributed by atoms with Crippen molar-refractivity contribution in [3.63, 3.8) is 0 Å². The SMILES string of the molecule is C=CCOc1ccc(C=NCCCCCCCCCCCC)cc1. The van der Waals surface area contributed by atoms with Crippen LogP contribution < -0.4 is 4.74 Å². The zero-order valence-electron chi connectivity index (χ0n) is 15.5. The molecule has 0 fully saturated rings. The lowest BCUT2D eigenvalue weighted by molar-refractivity contribution is 0.363. The maximum atomic E-state index is 5.46. The predicted octanol–water partition coefficient (Wildman–Crippen LogP) is 6.59. The van der Waals surface area contributed by atoms with Crippen LogP contribution in [0.1, 0.15) is 76.7 Å². The number of rotatable bonds is 15. The number of aliphatic imine (C=N–C) groups is 1. The Morgan fingerprint density at radius 2 is 1.46 bits per heavy atom. The normalized spacial score (nSPS) is 11.0. The fourth-order valence-corrected chi connectivity index (χ4v) is 2.67. The van der Waals surface area contributed by atoms with Gasteiger partial charge in [-0.15, -0.1) is 0 Å². The van der Waals surface area contributed by atoms with Gasteiger partial charge >= 0.3 is 0 Å². The summed E-state index contributed by atoms with van der Waals surface area (Å²) in [7, 11) is 0. The van der Waals surface area contributed by atoms with E-state index in [0.29, 0.717) is 6.61 Å². The second kappa shape index (κ2) is 15.0. The van der Waals surface area contributed by atoms with Gasteiger partial charge in [0.15, 0.2) is 0 Å². The van der Waals surface area contributed by atoms with Gasteiger partial charge in [-0.3, -0.25) is 4.99 Å². The number of hydrogen-bond acceptors (Lipinski definition) is 2. The van der Waals surface area contributed by atoms with Gasteiger partial charge in [0, 0.05) is 12.8 Å². The number of nitrogens with zero attached hydrogens (tertiary/aromatic N) is 1. The monoisotopic (exact) mass is 329 g/mol. The first-order chi connectivity index (χ1) is 11.9. The lowest BCUT2D eigenvalue weighted by Gasteiger charge is -2.02. The highest BCUT2D eigenvalue weighted by atomic mass is 16.5. The van der Waals surface area contributed by atoms with E-state index in [-0.39, 0.29) is 0 Å². The summed E-state index contributed by atoms with van der Waals surface area (Å²) in [6, 6.07) is 8.04. The van der Waals surface area contributed by atoms with Gasteiger partial charge in [-0.05, 0) is 36.2 Å². The van der Waals surface area contributed by atoms with Crippen LogP contribution in [0, 0.1) is 0 Å². The lowest BCUT2D eigenvalue weighted by Crippen LogP contribution is -1.92. The molecule has 0 N–H and O–H groups in total. The van der Waals surface area contributed by atoms with Gasteiger partial charge in [0.1, 0.15) is 12.4 Å². The quantitative estimate of drug-likeness (QED) is 0.202. The first-order valence-corrected chi connectivity index (χ1v) is 9.70. The first kappa shape index (κ1) is 20.5. The van der Waals surface area contributed by atoms with Crippen molar-refractivity contribution in [3.8, 4) is 5.75 Å². The van der Waals surface area contributed by atoms with Crippen LogP contribution in [0.2, 0.25) is 0 Å². The van der Waals surface area contributed by atoms with Crippen molar-refractivity contribution in [1.82, 2.24) is 0 Å². The summed E-state index contributed by atoms with van der Waals surface area (Å²) >= 11 is 0. The van der Waals surface area contributed by atoms with Crippen LogP contribution in [-0.4, -0.2) is 19.4 Å². The highest BCUT2D eigenvalue weighted by Crippen LogP contribution is 2.12. The third-order valence-electron chi connectivity index (χ3n) is 4.13. The summed E-state index contributed by atoms with van der Waals surface area (Å²) in [5.41, 5.74) is 1.13. The number of ether oxygens (including phenoxy) is 1. The third-order valence-corrected chi connectivity index (χ3v) is 4.13. The van der Waals surface area contributed by atoms with E-state index in [0.717, 1.165) is 17.9 Å². The van der Waals surface area contributed by atoms with E-state index < -0.39 is 0 Å². The summed E-state index contributed by atoms with van der Waals surface area (Å²) in [5, 5.41) is 0. The second-order valence-corrected chi connectivity index (χ2v) is 6.39. The number of hydrogen-bond donors (Lipinski definition) is 0. The molecule has 0 spiro atoms. The molecule has 0 radical (unpaired) electrons. The van der Waals surface area contributed by atoms with Crippen molar-refractivity contribution in [2.24, 2.45) is 4.99 Å². The van der Waals surface area contributed by atoms with Gasteiger partial charge < -0.3 is 4.74 Å². The molecule has 2 heteroatoms. The Morgan fingerprint density at radius 3 is 2.04 bits per heavy atom. The topological polar surface area (TPSA) is 21.6 Å². The van der Waals surface area contributed by atoms with Crippen molar-refractivity contribution in [2.45, 2.75) is 71.1 Å². The second-order valence-electron chi connectivity index (χ2n) is 6.39. The standard InChI is InChI=1S/C22H35NO/c1-3-5-6-7-8-9-10-11-12-13-18-23-20-21-14-16-22(17-15-21)24-19-4-2/h4,14-17,20H,2-3,5-13,18-19H2,1H3. The smallest absolute Gasteiger partial charge is 0.119 e. The molecule has 1 aromatic carbocycles. The fourth-order valence-electron chi connectivity index (χ4n) is 2.67. The molecule has 0 aliphatic heterocycles. The summed E-state index contributed by atoms with van der Waals surface area (Å²) in [6.45, 7) is 7.40. The minimum Gasteiger partial charge on any atom is -0.490 e. The summed E-state index contributed by atoms with van der Waals surface area (Å²) in [6.07, 6.45) is 17.4. The van der Waals surface area contributed by atoms with E-state index >= 15 is 0 Å². The molecule has 0 amide bonds. The maximum Gasteiger partial charge on any atom is 0.119 e. The molecule has 1 rings (SSSR count). The molecule has 0 aromatic heterocycles. The van der Waals surface area contributed by atoms with Gasteiger partial charge in [-0.25, -0.2) is 0 Å². The van der Waals surface area contributed by atoms with Crippen molar-refractivity contribution >= 4 is 6.21 Å². The molecular formula is C22H35NO. The zero-order valence-corrected chi connectivity index (χ0v) is 15.5. The van der Waals surface area contributed by atoms with E-state index in [2.05, 4.69) is 18.5 Å². The Hall–Kier alpha value is -1.57. The molecule has 0 unspecified atom stereocenters.